The zero-order valence-electron chi connectivity index (χ0n) is 14.2. The van der Waals surface area contributed by atoms with Crippen LogP contribution in [-0.4, -0.2) is 49.3 Å². The number of benzene rings is 1. The van der Waals surface area contributed by atoms with E-state index in [1.165, 1.54) is 0 Å². The summed E-state index contributed by atoms with van der Waals surface area (Å²) in [5.74, 6) is 0.136. The Labute approximate surface area is 146 Å². The summed E-state index contributed by atoms with van der Waals surface area (Å²) in [6.07, 6.45) is 3.96. The van der Waals surface area contributed by atoms with E-state index in [1.54, 1.807) is 25.6 Å². The van der Waals surface area contributed by atoms with Crippen LogP contribution in [0.4, 0.5) is 0 Å². The molecule has 1 aromatic carbocycles. The number of rotatable bonds is 3. The van der Waals surface area contributed by atoms with Crippen LogP contribution in [0.3, 0.4) is 0 Å². The number of methoxy groups -OCH3 is 2. The Bertz CT molecular complexity index is 725. The van der Waals surface area contributed by atoms with Crippen LogP contribution in [0.15, 0.2) is 30.3 Å². The predicted molar refractivity (Wildman–Crippen MR) is 95.7 cm³/mol. The van der Waals surface area contributed by atoms with Gasteiger partial charge in [-0.25, -0.2) is 0 Å². The molecule has 1 amide bonds. The zero-order chi connectivity index (χ0) is 16.7. The van der Waals surface area contributed by atoms with Crippen molar-refractivity contribution in [1.29, 1.82) is 0 Å². The molecule has 2 aromatic rings. The second-order valence-electron chi connectivity index (χ2n) is 6.81. The van der Waals surface area contributed by atoms with Crippen LogP contribution in [0.25, 0.3) is 10.1 Å². The third kappa shape index (κ3) is 2.46. The summed E-state index contributed by atoms with van der Waals surface area (Å²) in [6.45, 7) is 0.766. The molecule has 3 unspecified atom stereocenters. The number of carbonyl (C=O) groups is 1. The van der Waals surface area contributed by atoms with E-state index in [0.717, 1.165) is 47.2 Å². The molecule has 24 heavy (non-hydrogen) atoms. The molecule has 1 aromatic heterocycles. The van der Waals surface area contributed by atoms with Gasteiger partial charge in [-0.2, -0.15) is 0 Å². The van der Waals surface area contributed by atoms with Crippen molar-refractivity contribution in [2.24, 2.45) is 0 Å². The lowest BCUT2D eigenvalue weighted by Gasteiger charge is -2.43. The van der Waals surface area contributed by atoms with Gasteiger partial charge in [-0.05, 0) is 43.2 Å². The van der Waals surface area contributed by atoms with Crippen LogP contribution < -0.4 is 0 Å². The molecule has 1 saturated heterocycles. The zero-order valence-corrected chi connectivity index (χ0v) is 15.0. The van der Waals surface area contributed by atoms with Crippen LogP contribution in [0.5, 0.6) is 0 Å². The molecule has 2 aliphatic rings. The van der Waals surface area contributed by atoms with E-state index in [9.17, 15) is 4.79 Å². The van der Waals surface area contributed by atoms with E-state index in [2.05, 4.69) is 12.1 Å². The van der Waals surface area contributed by atoms with Gasteiger partial charge in [-0.3, -0.25) is 4.79 Å². The van der Waals surface area contributed by atoms with Gasteiger partial charge in [0.15, 0.2) is 0 Å². The lowest BCUT2D eigenvalue weighted by Crippen LogP contribution is -2.53. The monoisotopic (exact) mass is 345 g/mol. The fourth-order valence-corrected chi connectivity index (χ4v) is 5.37. The van der Waals surface area contributed by atoms with E-state index in [4.69, 9.17) is 9.47 Å². The number of hydrogen-bond donors (Lipinski definition) is 0. The SMILES string of the molecule is COC1CCC2(OC)CCN(C(=O)c3cc4ccccc4s3)C2C1. The molecule has 0 spiro atoms. The fraction of sp³-hybridized carbons (Fsp3) is 0.526. The summed E-state index contributed by atoms with van der Waals surface area (Å²) in [5.41, 5.74) is -0.193. The molecule has 1 aliphatic heterocycles. The molecule has 1 saturated carbocycles. The molecule has 3 atom stereocenters. The first kappa shape index (κ1) is 16.1. The molecule has 128 valence electrons. The largest absolute Gasteiger partial charge is 0.381 e. The Hall–Kier alpha value is -1.43. The van der Waals surface area contributed by atoms with Gasteiger partial charge in [0.05, 0.1) is 22.6 Å². The molecular formula is C19H23NO3S. The lowest BCUT2D eigenvalue weighted by molar-refractivity contribution is -0.0893. The molecule has 4 nitrogen and oxygen atoms in total. The molecule has 0 bridgehead atoms. The van der Waals surface area contributed by atoms with Crippen molar-refractivity contribution in [2.75, 3.05) is 20.8 Å². The Morgan fingerprint density at radius 2 is 2.12 bits per heavy atom. The van der Waals surface area contributed by atoms with Gasteiger partial charge in [0.25, 0.3) is 5.91 Å². The molecule has 4 rings (SSSR count). The average Bonchev–Trinajstić information content (AvgIpc) is 3.22. The van der Waals surface area contributed by atoms with Gasteiger partial charge in [0, 0.05) is 25.5 Å². The highest BCUT2D eigenvalue weighted by Crippen LogP contribution is 2.44. The molecule has 2 heterocycles. The summed E-state index contributed by atoms with van der Waals surface area (Å²) in [5, 5.41) is 1.14. The highest BCUT2D eigenvalue weighted by atomic mass is 32.1. The van der Waals surface area contributed by atoms with Crippen molar-refractivity contribution in [3.8, 4) is 0 Å². The third-order valence-electron chi connectivity index (χ3n) is 5.77. The van der Waals surface area contributed by atoms with Crippen molar-refractivity contribution < 1.29 is 14.3 Å². The maximum atomic E-state index is 13.2. The topological polar surface area (TPSA) is 38.8 Å². The first-order chi connectivity index (χ1) is 11.7. The van der Waals surface area contributed by atoms with Crippen LogP contribution in [0.1, 0.15) is 35.4 Å². The van der Waals surface area contributed by atoms with Crippen LogP contribution in [0.2, 0.25) is 0 Å². The number of amides is 1. The predicted octanol–water partition coefficient (Wildman–Crippen LogP) is 3.70. The number of carbonyl (C=O) groups excluding carboxylic acids is 1. The van der Waals surface area contributed by atoms with Crippen LogP contribution >= 0.6 is 11.3 Å². The molecular weight excluding hydrogens is 322 g/mol. The lowest BCUT2D eigenvalue weighted by atomic mass is 9.79. The van der Waals surface area contributed by atoms with Gasteiger partial charge in [0.2, 0.25) is 0 Å². The van der Waals surface area contributed by atoms with Gasteiger partial charge >= 0.3 is 0 Å². The smallest absolute Gasteiger partial charge is 0.264 e. The van der Waals surface area contributed by atoms with Crippen molar-refractivity contribution in [2.45, 2.75) is 43.4 Å². The van der Waals surface area contributed by atoms with Crippen molar-refractivity contribution in [3.05, 3.63) is 35.2 Å². The highest BCUT2D eigenvalue weighted by molar-refractivity contribution is 7.20. The number of hydrogen-bond acceptors (Lipinski definition) is 4. The summed E-state index contributed by atoms with van der Waals surface area (Å²) < 4.78 is 12.7. The van der Waals surface area contributed by atoms with Crippen molar-refractivity contribution in [1.82, 2.24) is 4.90 Å². The minimum absolute atomic E-state index is 0.110. The first-order valence-electron chi connectivity index (χ1n) is 8.54. The molecule has 0 N–H and O–H groups in total. The average molecular weight is 345 g/mol. The molecule has 1 aliphatic carbocycles. The minimum Gasteiger partial charge on any atom is -0.381 e. The number of ether oxygens (including phenoxy) is 2. The second kappa shape index (κ2) is 6.14. The quantitative estimate of drug-likeness (QED) is 0.851. The van der Waals surface area contributed by atoms with Crippen LogP contribution in [0, 0.1) is 0 Å². The van der Waals surface area contributed by atoms with Crippen molar-refractivity contribution in [3.63, 3.8) is 0 Å². The molecule has 5 heteroatoms. The van der Waals surface area contributed by atoms with Crippen molar-refractivity contribution >= 4 is 27.3 Å². The highest BCUT2D eigenvalue weighted by Gasteiger charge is 2.52. The summed E-state index contributed by atoms with van der Waals surface area (Å²) in [7, 11) is 3.55. The Kier molecular flexibility index (Phi) is 4.11. The van der Waals surface area contributed by atoms with Crippen LogP contribution in [-0.2, 0) is 9.47 Å². The van der Waals surface area contributed by atoms with E-state index < -0.39 is 0 Å². The Morgan fingerprint density at radius 3 is 2.88 bits per heavy atom. The fourth-order valence-electron chi connectivity index (χ4n) is 4.35. The van der Waals surface area contributed by atoms with E-state index in [0.29, 0.717) is 0 Å². The summed E-state index contributed by atoms with van der Waals surface area (Å²) in [6, 6.07) is 10.3. The standard InChI is InChI=1S/C19H23NO3S/c1-22-14-7-8-19(23-2)9-10-20(17(19)12-14)18(21)16-11-13-5-3-4-6-15(13)24-16/h3-6,11,14,17H,7-10,12H2,1-2H3. The number of likely N-dealkylation sites (tertiary alicyclic amines) is 1. The van der Waals surface area contributed by atoms with Gasteiger partial charge in [-0.1, -0.05) is 18.2 Å². The van der Waals surface area contributed by atoms with Gasteiger partial charge < -0.3 is 14.4 Å². The van der Waals surface area contributed by atoms with E-state index in [-0.39, 0.29) is 23.7 Å². The van der Waals surface area contributed by atoms with Gasteiger partial charge in [0.1, 0.15) is 0 Å². The minimum atomic E-state index is -0.193. The maximum Gasteiger partial charge on any atom is 0.264 e. The maximum absolute atomic E-state index is 13.2. The van der Waals surface area contributed by atoms with E-state index in [1.807, 2.05) is 23.1 Å². The first-order valence-corrected chi connectivity index (χ1v) is 9.36. The number of fused-ring (bicyclic) bond motifs is 2. The number of thiophene rings is 1. The summed E-state index contributed by atoms with van der Waals surface area (Å²) in [4.78, 5) is 16.0. The van der Waals surface area contributed by atoms with Gasteiger partial charge in [-0.15, -0.1) is 11.3 Å². The Balaban J connectivity index is 1.64. The molecule has 0 radical (unpaired) electrons. The summed E-state index contributed by atoms with van der Waals surface area (Å²) >= 11 is 1.58. The molecule has 2 fully saturated rings. The third-order valence-corrected chi connectivity index (χ3v) is 6.88. The van der Waals surface area contributed by atoms with E-state index >= 15 is 0 Å². The second-order valence-corrected chi connectivity index (χ2v) is 7.90. The number of nitrogens with zero attached hydrogens (tertiary/aromatic N) is 1. The Morgan fingerprint density at radius 1 is 1.29 bits per heavy atom. The normalized spacial score (nSPS) is 29.8.